The second-order valence-corrected chi connectivity index (χ2v) is 18.7. The normalized spacial score (nSPS) is 11.8. The molecular weight excluding hydrogens is 845 g/mol. The SMILES string of the molecule is c1cc(-c2cccc3ccccc23)cc(N(c2ccc(-c3ccc4sc5ccccc5c4c3)cc2)c2ccc(-c3cccc(-n4c5ccccc5c5ccccc54)c3)c3oc4ccccc4c23)c1. The lowest BCUT2D eigenvalue weighted by Crippen LogP contribution is -2.10. The Balaban J connectivity index is 0.961. The van der Waals surface area contributed by atoms with Crippen LogP contribution in [-0.4, -0.2) is 4.57 Å². The van der Waals surface area contributed by atoms with Gasteiger partial charge in [0.15, 0.2) is 0 Å². The lowest BCUT2D eigenvalue weighted by Gasteiger charge is -2.27. The highest BCUT2D eigenvalue weighted by molar-refractivity contribution is 7.25. The second kappa shape index (κ2) is 15.5. The molecule has 0 unspecified atom stereocenters. The lowest BCUT2D eigenvalue weighted by molar-refractivity contribution is 0.670. The van der Waals surface area contributed by atoms with Gasteiger partial charge >= 0.3 is 0 Å². The van der Waals surface area contributed by atoms with E-state index in [2.05, 4.69) is 252 Å². The van der Waals surface area contributed by atoms with Crippen LogP contribution < -0.4 is 4.90 Å². The summed E-state index contributed by atoms with van der Waals surface area (Å²) in [6, 6.07) is 88.2. The fraction of sp³-hybridized carbons (Fsp3) is 0. The Morgan fingerprint density at radius 1 is 0.368 bits per heavy atom. The van der Waals surface area contributed by atoms with Crippen LogP contribution in [0.2, 0.25) is 0 Å². The zero-order chi connectivity index (χ0) is 44.7. The van der Waals surface area contributed by atoms with Gasteiger partial charge in [0.25, 0.3) is 0 Å². The molecule has 0 aliphatic heterocycles. The van der Waals surface area contributed by atoms with Gasteiger partial charge in [-0.05, 0) is 124 Å². The molecule has 3 heterocycles. The molecule has 0 spiro atoms. The van der Waals surface area contributed by atoms with Crippen molar-refractivity contribution < 1.29 is 4.42 Å². The molecule has 0 aliphatic rings. The van der Waals surface area contributed by atoms with Crippen LogP contribution in [0.25, 0.3) is 114 Å². The van der Waals surface area contributed by atoms with Crippen LogP contribution >= 0.6 is 11.3 Å². The van der Waals surface area contributed by atoms with Gasteiger partial charge in [0.05, 0.1) is 22.1 Å². The van der Waals surface area contributed by atoms with Crippen molar-refractivity contribution in [3.8, 4) is 39.1 Å². The minimum atomic E-state index is 0.853. The Morgan fingerprint density at radius 3 is 1.82 bits per heavy atom. The van der Waals surface area contributed by atoms with E-state index in [0.717, 1.165) is 61.4 Å². The number of para-hydroxylation sites is 3. The molecule has 0 radical (unpaired) electrons. The molecule has 68 heavy (non-hydrogen) atoms. The largest absolute Gasteiger partial charge is 0.455 e. The monoisotopic (exact) mass is 884 g/mol. The first-order chi connectivity index (χ1) is 33.7. The summed E-state index contributed by atoms with van der Waals surface area (Å²) in [5.74, 6) is 0. The van der Waals surface area contributed by atoms with Crippen molar-refractivity contribution >= 4 is 103 Å². The number of hydrogen-bond acceptors (Lipinski definition) is 3. The maximum atomic E-state index is 7.02. The topological polar surface area (TPSA) is 21.3 Å². The number of furan rings is 1. The van der Waals surface area contributed by atoms with Crippen molar-refractivity contribution in [1.82, 2.24) is 4.57 Å². The Kier molecular flexibility index (Phi) is 8.76. The van der Waals surface area contributed by atoms with Crippen molar-refractivity contribution in [2.24, 2.45) is 0 Å². The van der Waals surface area contributed by atoms with Gasteiger partial charge < -0.3 is 13.9 Å². The molecule has 0 fully saturated rings. The Labute approximate surface area is 396 Å². The van der Waals surface area contributed by atoms with Gasteiger partial charge in [0.2, 0.25) is 0 Å². The van der Waals surface area contributed by atoms with Crippen LogP contribution in [0, 0.1) is 0 Å². The van der Waals surface area contributed by atoms with E-state index in [-0.39, 0.29) is 0 Å². The average molecular weight is 885 g/mol. The molecule has 0 bridgehead atoms. The van der Waals surface area contributed by atoms with Crippen LogP contribution in [0.4, 0.5) is 17.1 Å². The molecule has 11 aromatic carbocycles. The molecule has 0 saturated carbocycles. The lowest BCUT2D eigenvalue weighted by atomic mass is 9.97. The maximum absolute atomic E-state index is 7.02. The van der Waals surface area contributed by atoms with E-state index in [4.69, 9.17) is 4.42 Å². The van der Waals surface area contributed by atoms with Crippen molar-refractivity contribution in [2.75, 3.05) is 4.90 Å². The van der Waals surface area contributed by atoms with Gasteiger partial charge in [0, 0.05) is 59.0 Å². The smallest absolute Gasteiger partial charge is 0.145 e. The third kappa shape index (κ3) is 6.12. The molecule has 0 saturated heterocycles. The van der Waals surface area contributed by atoms with Gasteiger partial charge in [-0.2, -0.15) is 0 Å². The Morgan fingerprint density at radius 2 is 1.00 bits per heavy atom. The summed E-state index contributed by atoms with van der Waals surface area (Å²) in [7, 11) is 0. The summed E-state index contributed by atoms with van der Waals surface area (Å²) in [6.45, 7) is 0. The summed E-state index contributed by atoms with van der Waals surface area (Å²) in [4.78, 5) is 2.41. The fourth-order valence-electron chi connectivity index (χ4n) is 10.7. The summed E-state index contributed by atoms with van der Waals surface area (Å²) >= 11 is 1.85. The first-order valence-electron chi connectivity index (χ1n) is 23.2. The molecule has 3 aromatic heterocycles. The minimum absolute atomic E-state index is 0.853. The van der Waals surface area contributed by atoms with Crippen molar-refractivity contribution in [3.05, 3.63) is 243 Å². The summed E-state index contributed by atoms with van der Waals surface area (Å²) < 4.78 is 12.0. The molecule has 14 rings (SSSR count). The zero-order valence-electron chi connectivity index (χ0n) is 36.8. The van der Waals surface area contributed by atoms with E-state index in [0.29, 0.717) is 0 Å². The van der Waals surface area contributed by atoms with E-state index in [1.165, 1.54) is 69.4 Å². The first-order valence-corrected chi connectivity index (χ1v) is 24.0. The van der Waals surface area contributed by atoms with Gasteiger partial charge in [-0.25, -0.2) is 0 Å². The van der Waals surface area contributed by atoms with Gasteiger partial charge in [-0.3, -0.25) is 0 Å². The number of anilines is 3. The highest BCUT2D eigenvalue weighted by Crippen LogP contribution is 2.48. The van der Waals surface area contributed by atoms with E-state index < -0.39 is 0 Å². The predicted molar refractivity (Wildman–Crippen MR) is 289 cm³/mol. The van der Waals surface area contributed by atoms with E-state index in [1.54, 1.807) is 0 Å². The maximum Gasteiger partial charge on any atom is 0.145 e. The van der Waals surface area contributed by atoms with E-state index >= 15 is 0 Å². The van der Waals surface area contributed by atoms with Crippen molar-refractivity contribution in [1.29, 1.82) is 0 Å². The highest BCUT2D eigenvalue weighted by atomic mass is 32.1. The summed E-state index contributed by atoms with van der Waals surface area (Å²) in [5.41, 5.74) is 15.2. The fourth-order valence-corrected chi connectivity index (χ4v) is 11.7. The van der Waals surface area contributed by atoms with Crippen LogP contribution in [0.15, 0.2) is 247 Å². The van der Waals surface area contributed by atoms with Crippen LogP contribution in [0.3, 0.4) is 0 Å². The third-order valence-electron chi connectivity index (χ3n) is 13.8. The van der Waals surface area contributed by atoms with Crippen LogP contribution in [0.5, 0.6) is 0 Å². The molecule has 0 amide bonds. The summed E-state index contributed by atoms with van der Waals surface area (Å²) in [5, 5.41) is 9.68. The molecule has 4 heteroatoms. The molecule has 318 valence electrons. The number of aromatic nitrogens is 1. The number of nitrogens with zero attached hydrogens (tertiary/aromatic N) is 2. The van der Waals surface area contributed by atoms with Crippen molar-refractivity contribution in [2.45, 2.75) is 0 Å². The minimum Gasteiger partial charge on any atom is -0.455 e. The Hall–Kier alpha value is -8.70. The molecule has 0 N–H and O–H groups in total. The quantitative estimate of drug-likeness (QED) is 0.159. The predicted octanol–water partition coefficient (Wildman–Crippen LogP) is 18.7. The molecule has 3 nitrogen and oxygen atoms in total. The molecule has 0 atom stereocenters. The molecule has 14 aromatic rings. The zero-order valence-corrected chi connectivity index (χ0v) is 37.6. The van der Waals surface area contributed by atoms with Crippen LogP contribution in [0.1, 0.15) is 0 Å². The molecule has 0 aliphatic carbocycles. The van der Waals surface area contributed by atoms with Gasteiger partial charge in [-0.15, -0.1) is 11.3 Å². The van der Waals surface area contributed by atoms with Crippen molar-refractivity contribution in [3.63, 3.8) is 0 Å². The number of hydrogen-bond donors (Lipinski definition) is 0. The van der Waals surface area contributed by atoms with Gasteiger partial charge in [-0.1, -0.05) is 158 Å². The number of fused-ring (bicyclic) bond motifs is 10. The van der Waals surface area contributed by atoms with Crippen LogP contribution in [-0.2, 0) is 0 Å². The Bertz CT molecular complexity index is 4230. The standard InChI is InChI=1S/C64H40N2OS/c1-2-20-49-42(14-1)15-13-25-50(49)44-16-11-18-47(38-44)65(46-33-30-41(31-34-46)43-32-37-62-56(40-43)54-23-6-10-29-61(54)68-62)59-36-35-51(64-63(59)55-24-5-9-28-60(55)67-64)45-17-12-19-48(39-45)66-57-26-7-3-21-52(57)53-22-4-8-27-58(53)66/h1-40H. The summed E-state index contributed by atoms with van der Waals surface area (Å²) in [6.07, 6.45) is 0. The van der Waals surface area contributed by atoms with E-state index in [1.807, 2.05) is 11.3 Å². The van der Waals surface area contributed by atoms with Gasteiger partial charge in [0.1, 0.15) is 11.2 Å². The third-order valence-corrected chi connectivity index (χ3v) is 14.9. The molecular formula is C64H40N2OS. The highest BCUT2D eigenvalue weighted by Gasteiger charge is 2.23. The number of thiophene rings is 1. The second-order valence-electron chi connectivity index (χ2n) is 17.6. The first kappa shape index (κ1) is 38.6. The number of benzene rings is 11. The average Bonchev–Trinajstić information content (AvgIpc) is 4.09. The van der Waals surface area contributed by atoms with E-state index in [9.17, 15) is 0 Å². The number of rotatable bonds is 7.